The summed E-state index contributed by atoms with van der Waals surface area (Å²) in [5, 5.41) is 22.9. The van der Waals surface area contributed by atoms with Crippen LogP contribution in [0.3, 0.4) is 0 Å². The maximum Gasteiger partial charge on any atom is 0.332 e. The summed E-state index contributed by atoms with van der Waals surface area (Å²) in [4.78, 5) is 16.2. The normalized spacial score (nSPS) is 21.7. The first-order valence-electron chi connectivity index (χ1n) is 8.98. The highest BCUT2D eigenvalue weighted by molar-refractivity contribution is 6.31. The first kappa shape index (κ1) is 19.7. The number of carbonyl (C=O) groups is 1. The van der Waals surface area contributed by atoms with E-state index in [0.717, 1.165) is 0 Å². The van der Waals surface area contributed by atoms with Crippen LogP contribution in [0.15, 0.2) is 78.9 Å². The van der Waals surface area contributed by atoms with Crippen molar-refractivity contribution in [2.24, 2.45) is 0 Å². The summed E-state index contributed by atoms with van der Waals surface area (Å²) in [6.07, 6.45) is 0. The highest BCUT2D eigenvalue weighted by Crippen LogP contribution is 2.46. The minimum atomic E-state index is -1.90. The second kappa shape index (κ2) is 7.69. The van der Waals surface area contributed by atoms with Gasteiger partial charge in [-0.05, 0) is 54.1 Å². The minimum Gasteiger partial charge on any atom is -0.391 e. The number of nitrogens with zero attached hydrogens (tertiary/aromatic N) is 2. The molecule has 1 aliphatic rings. The van der Waals surface area contributed by atoms with Gasteiger partial charge in [0.2, 0.25) is 0 Å². The molecule has 0 bridgehead atoms. The average Bonchev–Trinajstić information content (AvgIpc) is 2.97. The molecule has 3 aromatic carbocycles. The van der Waals surface area contributed by atoms with Gasteiger partial charge in [0.05, 0.1) is 6.61 Å². The fourth-order valence-electron chi connectivity index (χ4n) is 3.71. The predicted octanol–water partition coefficient (Wildman–Crippen LogP) is 4.86. The molecule has 0 aromatic heterocycles. The average molecular weight is 429 g/mol. The number of hydrogen-bond donors (Lipinski definition) is 2. The van der Waals surface area contributed by atoms with Crippen LogP contribution in [0, 0.1) is 0 Å². The molecule has 2 amide bonds. The van der Waals surface area contributed by atoms with E-state index >= 15 is 0 Å². The van der Waals surface area contributed by atoms with Crippen molar-refractivity contribution in [2.45, 2.75) is 11.8 Å². The number of benzene rings is 3. The van der Waals surface area contributed by atoms with E-state index in [0.29, 0.717) is 27.0 Å². The van der Waals surface area contributed by atoms with E-state index in [1.807, 2.05) is 30.3 Å². The number of hydrogen-bond acceptors (Lipinski definition) is 3. The quantitative estimate of drug-likeness (QED) is 0.623. The van der Waals surface area contributed by atoms with Gasteiger partial charge in [-0.15, -0.1) is 0 Å². The molecule has 1 saturated heterocycles. The molecule has 29 heavy (non-hydrogen) atoms. The fourth-order valence-corrected chi connectivity index (χ4v) is 3.96. The standard InChI is InChI=1S/C22H18Cl2N2O3/c23-16-6-10-18(11-7-16)25-20(15-4-2-1-3-5-15)22(29,14-27)26(21(25)28)19-12-8-17(24)9-13-19/h1-13,20,27,29H,14H2/t20-,22-/m0/s1. The smallest absolute Gasteiger partial charge is 0.332 e. The van der Waals surface area contributed by atoms with E-state index in [-0.39, 0.29) is 0 Å². The van der Waals surface area contributed by atoms with Crippen LogP contribution in [0.1, 0.15) is 11.6 Å². The zero-order valence-electron chi connectivity index (χ0n) is 15.2. The lowest BCUT2D eigenvalue weighted by Gasteiger charge is -2.35. The Labute approximate surface area is 178 Å². The third-order valence-corrected chi connectivity index (χ3v) is 5.52. The molecule has 0 aliphatic carbocycles. The number of aliphatic hydroxyl groups excluding tert-OH is 1. The summed E-state index contributed by atoms with van der Waals surface area (Å²) in [6, 6.07) is 21.1. The van der Waals surface area contributed by atoms with Crippen molar-refractivity contribution in [3.63, 3.8) is 0 Å². The molecule has 4 rings (SSSR count). The number of carbonyl (C=O) groups excluding carboxylic acids is 1. The minimum absolute atomic E-state index is 0.424. The number of halogens is 2. The van der Waals surface area contributed by atoms with Crippen LogP contribution < -0.4 is 9.80 Å². The van der Waals surface area contributed by atoms with Crippen LogP contribution in [0.4, 0.5) is 16.2 Å². The van der Waals surface area contributed by atoms with Crippen molar-refractivity contribution in [2.75, 3.05) is 16.4 Å². The van der Waals surface area contributed by atoms with Crippen molar-refractivity contribution in [3.8, 4) is 0 Å². The molecule has 2 N–H and O–H groups in total. The molecule has 3 aromatic rings. The van der Waals surface area contributed by atoms with Crippen molar-refractivity contribution in [1.29, 1.82) is 0 Å². The van der Waals surface area contributed by atoms with Crippen LogP contribution in [0.2, 0.25) is 10.0 Å². The van der Waals surface area contributed by atoms with Crippen LogP contribution in [-0.4, -0.2) is 28.6 Å². The molecule has 0 spiro atoms. The Bertz CT molecular complexity index is 1010. The Kier molecular flexibility index (Phi) is 5.23. The van der Waals surface area contributed by atoms with Crippen LogP contribution >= 0.6 is 23.2 Å². The van der Waals surface area contributed by atoms with Gasteiger partial charge in [0.25, 0.3) is 0 Å². The van der Waals surface area contributed by atoms with Crippen molar-refractivity contribution in [3.05, 3.63) is 94.5 Å². The molecule has 0 saturated carbocycles. The number of rotatable bonds is 4. The van der Waals surface area contributed by atoms with Crippen molar-refractivity contribution in [1.82, 2.24) is 0 Å². The summed E-state index contributed by atoms with van der Waals surface area (Å²) >= 11 is 12.0. The first-order valence-corrected chi connectivity index (χ1v) is 9.74. The van der Waals surface area contributed by atoms with Crippen LogP contribution in [0.5, 0.6) is 0 Å². The molecule has 148 valence electrons. The Morgan fingerprint density at radius 2 is 1.34 bits per heavy atom. The topological polar surface area (TPSA) is 64.0 Å². The van der Waals surface area contributed by atoms with E-state index in [1.54, 1.807) is 48.5 Å². The molecule has 0 radical (unpaired) electrons. The predicted molar refractivity (Wildman–Crippen MR) is 114 cm³/mol. The molecule has 7 heteroatoms. The maximum atomic E-state index is 13.5. The van der Waals surface area contributed by atoms with Gasteiger partial charge in [-0.1, -0.05) is 53.5 Å². The van der Waals surface area contributed by atoms with Gasteiger partial charge in [0, 0.05) is 21.4 Å². The van der Waals surface area contributed by atoms with Gasteiger partial charge in [-0.25, -0.2) is 4.79 Å². The number of aliphatic hydroxyl groups is 2. The van der Waals surface area contributed by atoms with Gasteiger partial charge in [0.1, 0.15) is 6.04 Å². The lowest BCUT2D eigenvalue weighted by molar-refractivity contribution is -0.0175. The molecular formula is C22H18Cl2N2O3. The maximum absolute atomic E-state index is 13.5. The van der Waals surface area contributed by atoms with Gasteiger partial charge in [-0.2, -0.15) is 0 Å². The summed E-state index contributed by atoms with van der Waals surface area (Å²) in [6.45, 7) is -0.662. The second-order valence-electron chi connectivity index (χ2n) is 6.79. The van der Waals surface area contributed by atoms with E-state index in [9.17, 15) is 15.0 Å². The van der Waals surface area contributed by atoms with Crippen LogP contribution in [-0.2, 0) is 0 Å². The lowest BCUT2D eigenvalue weighted by atomic mass is 9.95. The first-order chi connectivity index (χ1) is 14.0. The van der Waals surface area contributed by atoms with Crippen LogP contribution in [0.25, 0.3) is 0 Å². The van der Waals surface area contributed by atoms with Crippen molar-refractivity contribution >= 4 is 40.6 Å². The summed E-state index contributed by atoms with van der Waals surface area (Å²) in [7, 11) is 0. The van der Waals surface area contributed by atoms with E-state index in [4.69, 9.17) is 23.2 Å². The summed E-state index contributed by atoms with van der Waals surface area (Å²) < 4.78 is 0. The molecule has 1 aliphatic heterocycles. The van der Waals surface area contributed by atoms with Gasteiger partial charge in [-0.3, -0.25) is 9.80 Å². The summed E-state index contributed by atoms with van der Waals surface area (Å²) in [5.41, 5.74) is -0.236. The van der Waals surface area contributed by atoms with E-state index < -0.39 is 24.4 Å². The third kappa shape index (κ3) is 3.36. The lowest BCUT2D eigenvalue weighted by Crippen LogP contribution is -2.51. The van der Waals surface area contributed by atoms with Gasteiger partial charge >= 0.3 is 6.03 Å². The molecule has 1 heterocycles. The fraction of sp³-hybridized carbons (Fsp3) is 0.136. The zero-order valence-corrected chi connectivity index (χ0v) is 16.8. The zero-order chi connectivity index (χ0) is 20.6. The Morgan fingerprint density at radius 1 is 0.828 bits per heavy atom. The molecule has 5 nitrogen and oxygen atoms in total. The SMILES string of the molecule is O=C1N(c2ccc(Cl)cc2)[C@@H](c2ccccc2)[C@@](O)(CO)N1c1ccc(Cl)cc1. The molecule has 0 unspecified atom stereocenters. The summed E-state index contributed by atoms with van der Waals surface area (Å²) in [5.74, 6) is 0. The highest BCUT2D eigenvalue weighted by Gasteiger charge is 2.58. The largest absolute Gasteiger partial charge is 0.391 e. The number of urea groups is 1. The highest BCUT2D eigenvalue weighted by atomic mass is 35.5. The van der Waals surface area contributed by atoms with Crippen molar-refractivity contribution < 1.29 is 15.0 Å². The van der Waals surface area contributed by atoms with E-state index in [2.05, 4.69) is 0 Å². The Hall–Kier alpha value is -2.57. The number of amides is 2. The van der Waals surface area contributed by atoms with Gasteiger partial charge in [0.15, 0.2) is 5.72 Å². The second-order valence-corrected chi connectivity index (χ2v) is 7.66. The number of anilines is 2. The van der Waals surface area contributed by atoms with Gasteiger partial charge < -0.3 is 10.2 Å². The molecular weight excluding hydrogens is 411 g/mol. The molecule has 1 fully saturated rings. The third-order valence-electron chi connectivity index (χ3n) is 5.02. The Balaban J connectivity index is 1.91. The monoisotopic (exact) mass is 428 g/mol. The molecule has 2 atom stereocenters. The van der Waals surface area contributed by atoms with E-state index in [1.165, 1.54) is 9.80 Å². The Morgan fingerprint density at radius 3 is 1.86 bits per heavy atom.